The molecule has 0 fully saturated rings. The number of likely N-dealkylation sites (N-methyl/N-ethyl adjacent to an activating group) is 1. The van der Waals surface area contributed by atoms with E-state index in [4.69, 9.17) is 10.8 Å². The zero-order valence-electron chi connectivity index (χ0n) is 10.3. The maximum atomic E-state index is 10.1. The molecular formula is C13H22N2O2. The van der Waals surface area contributed by atoms with Crippen LogP contribution in [0.2, 0.25) is 0 Å². The van der Waals surface area contributed by atoms with E-state index in [2.05, 4.69) is 4.90 Å². The molecule has 17 heavy (non-hydrogen) atoms. The van der Waals surface area contributed by atoms with Gasteiger partial charge in [-0.15, -0.1) is 0 Å². The van der Waals surface area contributed by atoms with Crippen LogP contribution in [-0.2, 0) is 0 Å². The molecular weight excluding hydrogens is 216 g/mol. The number of rotatable bonds is 7. The van der Waals surface area contributed by atoms with Crippen molar-refractivity contribution in [1.29, 1.82) is 0 Å². The van der Waals surface area contributed by atoms with Crippen LogP contribution in [0, 0.1) is 0 Å². The van der Waals surface area contributed by atoms with Gasteiger partial charge in [0.2, 0.25) is 0 Å². The molecule has 1 aromatic rings. The Morgan fingerprint density at radius 3 is 2.65 bits per heavy atom. The molecule has 1 atom stereocenters. The number of nitrogen functional groups attached to an aromatic ring is 1. The van der Waals surface area contributed by atoms with E-state index in [0.717, 1.165) is 25.1 Å². The molecule has 0 saturated heterocycles. The second-order valence-electron chi connectivity index (χ2n) is 4.12. The maximum Gasteiger partial charge on any atom is 0.0936 e. The summed E-state index contributed by atoms with van der Waals surface area (Å²) >= 11 is 0. The van der Waals surface area contributed by atoms with E-state index >= 15 is 0 Å². The van der Waals surface area contributed by atoms with E-state index < -0.39 is 6.10 Å². The third-order valence-corrected chi connectivity index (χ3v) is 2.87. The first kappa shape index (κ1) is 14.0. The lowest BCUT2D eigenvalue weighted by molar-refractivity contribution is 0.111. The second kappa shape index (κ2) is 7.27. The molecule has 0 heterocycles. The Kier molecular flexibility index (Phi) is 5.97. The normalized spacial score (nSPS) is 12.9. The number of nitrogens with zero attached hydrogens (tertiary/aromatic N) is 1. The van der Waals surface area contributed by atoms with Crippen LogP contribution < -0.4 is 5.73 Å². The van der Waals surface area contributed by atoms with Crippen molar-refractivity contribution in [2.75, 3.05) is 32.0 Å². The molecule has 0 aromatic heterocycles. The zero-order valence-corrected chi connectivity index (χ0v) is 10.3. The van der Waals surface area contributed by atoms with Crippen molar-refractivity contribution >= 4 is 5.69 Å². The summed E-state index contributed by atoms with van der Waals surface area (Å²) in [5.41, 5.74) is 7.22. The summed E-state index contributed by atoms with van der Waals surface area (Å²) in [7, 11) is 0. The molecule has 0 aliphatic heterocycles. The third kappa shape index (κ3) is 4.34. The van der Waals surface area contributed by atoms with Gasteiger partial charge in [0.05, 0.1) is 6.10 Å². The van der Waals surface area contributed by atoms with Crippen LogP contribution in [0.25, 0.3) is 0 Å². The number of para-hydroxylation sites is 1. The van der Waals surface area contributed by atoms with Gasteiger partial charge in [-0.2, -0.15) is 0 Å². The Balaban J connectivity index is 2.58. The summed E-state index contributed by atoms with van der Waals surface area (Å²) in [6, 6.07) is 7.37. The van der Waals surface area contributed by atoms with Crippen molar-refractivity contribution in [2.24, 2.45) is 0 Å². The van der Waals surface area contributed by atoms with Crippen LogP contribution in [0.15, 0.2) is 24.3 Å². The van der Waals surface area contributed by atoms with Gasteiger partial charge in [0.15, 0.2) is 0 Å². The zero-order chi connectivity index (χ0) is 12.7. The fourth-order valence-corrected chi connectivity index (χ4v) is 1.83. The molecule has 0 aliphatic rings. The van der Waals surface area contributed by atoms with Crippen LogP contribution in [-0.4, -0.2) is 41.4 Å². The van der Waals surface area contributed by atoms with Crippen molar-refractivity contribution in [2.45, 2.75) is 19.4 Å². The Morgan fingerprint density at radius 1 is 1.35 bits per heavy atom. The van der Waals surface area contributed by atoms with Crippen LogP contribution >= 0.6 is 0 Å². The first-order chi connectivity index (χ1) is 8.19. The van der Waals surface area contributed by atoms with Crippen molar-refractivity contribution in [1.82, 2.24) is 4.90 Å². The summed E-state index contributed by atoms with van der Waals surface area (Å²) in [5, 5.41) is 18.9. The number of benzene rings is 1. The predicted octanol–water partition coefficient (Wildman–Crippen LogP) is 1.01. The van der Waals surface area contributed by atoms with Gasteiger partial charge in [0.25, 0.3) is 0 Å². The third-order valence-electron chi connectivity index (χ3n) is 2.87. The van der Waals surface area contributed by atoms with Crippen LogP contribution in [0.1, 0.15) is 25.0 Å². The quantitative estimate of drug-likeness (QED) is 0.620. The first-order valence-corrected chi connectivity index (χ1v) is 6.04. The second-order valence-corrected chi connectivity index (χ2v) is 4.12. The monoisotopic (exact) mass is 238 g/mol. The minimum atomic E-state index is -0.574. The Morgan fingerprint density at radius 2 is 2.06 bits per heavy atom. The highest BCUT2D eigenvalue weighted by Crippen LogP contribution is 2.20. The highest BCUT2D eigenvalue weighted by atomic mass is 16.3. The lowest BCUT2D eigenvalue weighted by Gasteiger charge is -2.24. The van der Waals surface area contributed by atoms with Gasteiger partial charge < -0.3 is 20.8 Å². The number of hydrogen-bond acceptors (Lipinski definition) is 4. The number of anilines is 1. The average Bonchev–Trinajstić information content (AvgIpc) is 2.34. The topological polar surface area (TPSA) is 69.7 Å². The van der Waals surface area contributed by atoms with Gasteiger partial charge in [0, 0.05) is 30.9 Å². The first-order valence-electron chi connectivity index (χ1n) is 6.04. The maximum absolute atomic E-state index is 10.1. The largest absolute Gasteiger partial charge is 0.398 e. The Hall–Kier alpha value is -1.10. The molecule has 1 aromatic carbocycles. The molecule has 1 rings (SSSR count). The molecule has 0 aliphatic carbocycles. The summed E-state index contributed by atoms with van der Waals surface area (Å²) < 4.78 is 0. The molecule has 0 spiro atoms. The molecule has 0 amide bonds. The van der Waals surface area contributed by atoms with E-state index in [1.165, 1.54) is 0 Å². The fraction of sp³-hybridized carbons (Fsp3) is 0.538. The van der Waals surface area contributed by atoms with E-state index in [1.54, 1.807) is 6.07 Å². The molecule has 4 N–H and O–H groups in total. The van der Waals surface area contributed by atoms with Crippen molar-refractivity contribution in [3.8, 4) is 0 Å². The molecule has 96 valence electrons. The standard InChI is InChI=1S/C13H22N2O2/c1-2-15(8-5-9-16)10-13(17)11-6-3-4-7-12(11)14/h3-4,6-7,13,16-17H,2,5,8-10,14H2,1H3. The van der Waals surface area contributed by atoms with E-state index in [9.17, 15) is 5.11 Å². The number of nitrogens with two attached hydrogens (primary N) is 1. The highest BCUT2D eigenvalue weighted by Gasteiger charge is 2.14. The minimum absolute atomic E-state index is 0.181. The van der Waals surface area contributed by atoms with Crippen molar-refractivity contribution in [3.05, 3.63) is 29.8 Å². The Labute approximate surface area is 103 Å². The average molecular weight is 238 g/mol. The number of hydrogen-bond donors (Lipinski definition) is 3. The molecule has 4 heteroatoms. The SMILES string of the molecule is CCN(CCCO)CC(O)c1ccccc1N. The van der Waals surface area contributed by atoms with E-state index in [1.807, 2.05) is 25.1 Å². The lowest BCUT2D eigenvalue weighted by atomic mass is 10.1. The number of aliphatic hydroxyl groups excluding tert-OH is 2. The van der Waals surface area contributed by atoms with Gasteiger partial charge >= 0.3 is 0 Å². The molecule has 4 nitrogen and oxygen atoms in total. The van der Waals surface area contributed by atoms with Gasteiger partial charge in [-0.1, -0.05) is 25.1 Å². The smallest absolute Gasteiger partial charge is 0.0936 e. The number of aliphatic hydroxyl groups is 2. The molecule has 0 saturated carbocycles. The van der Waals surface area contributed by atoms with Crippen molar-refractivity contribution in [3.63, 3.8) is 0 Å². The summed E-state index contributed by atoms with van der Waals surface area (Å²) in [6.45, 7) is 4.41. The van der Waals surface area contributed by atoms with E-state index in [0.29, 0.717) is 12.2 Å². The van der Waals surface area contributed by atoms with Gasteiger partial charge in [0.1, 0.15) is 0 Å². The van der Waals surface area contributed by atoms with Gasteiger partial charge in [-0.3, -0.25) is 0 Å². The summed E-state index contributed by atoms with van der Waals surface area (Å²) in [4.78, 5) is 2.10. The lowest BCUT2D eigenvalue weighted by Crippen LogP contribution is -2.30. The highest BCUT2D eigenvalue weighted by molar-refractivity contribution is 5.47. The van der Waals surface area contributed by atoms with E-state index in [-0.39, 0.29) is 6.61 Å². The Bertz CT molecular complexity index is 331. The van der Waals surface area contributed by atoms with Gasteiger partial charge in [-0.05, 0) is 19.0 Å². The molecule has 0 bridgehead atoms. The van der Waals surface area contributed by atoms with Crippen LogP contribution in [0.3, 0.4) is 0 Å². The summed E-state index contributed by atoms with van der Waals surface area (Å²) in [6.07, 6.45) is 0.153. The van der Waals surface area contributed by atoms with Crippen LogP contribution in [0.4, 0.5) is 5.69 Å². The molecule has 0 radical (unpaired) electrons. The predicted molar refractivity (Wildman–Crippen MR) is 69.6 cm³/mol. The van der Waals surface area contributed by atoms with Crippen molar-refractivity contribution < 1.29 is 10.2 Å². The van der Waals surface area contributed by atoms with Gasteiger partial charge in [-0.25, -0.2) is 0 Å². The minimum Gasteiger partial charge on any atom is -0.398 e. The molecule has 1 unspecified atom stereocenters. The van der Waals surface area contributed by atoms with Crippen LogP contribution in [0.5, 0.6) is 0 Å². The summed E-state index contributed by atoms with van der Waals surface area (Å²) in [5.74, 6) is 0. The fourth-order valence-electron chi connectivity index (χ4n) is 1.83.